The van der Waals surface area contributed by atoms with E-state index >= 15 is 0 Å². The van der Waals surface area contributed by atoms with E-state index in [1.807, 2.05) is 6.08 Å². The quantitative estimate of drug-likeness (QED) is 0.527. The van der Waals surface area contributed by atoms with E-state index in [2.05, 4.69) is 32.6 Å². The van der Waals surface area contributed by atoms with Crippen LogP contribution in [0.15, 0.2) is 23.8 Å². The van der Waals surface area contributed by atoms with Gasteiger partial charge in [0.05, 0.1) is 0 Å². The Kier molecular flexibility index (Phi) is 5.12. The maximum Gasteiger partial charge on any atom is 0.306 e. The number of hydrogen-bond acceptors (Lipinski definition) is 4. The molecule has 5 heteroatoms. The van der Waals surface area contributed by atoms with Gasteiger partial charge in [0, 0.05) is 17.3 Å². The van der Waals surface area contributed by atoms with Gasteiger partial charge in [0.2, 0.25) is 5.12 Å². The molecule has 0 N–H and O–H groups in total. The summed E-state index contributed by atoms with van der Waals surface area (Å²) in [5.41, 5.74) is -0.234. The lowest BCUT2D eigenvalue weighted by Gasteiger charge is -2.59. The number of ether oxygens (including phenoxy) is 1. The lowest BCUT2D eigenvalue weighted by Crippen LogP contribution is -2.59. The van der Waals surface area contributed by atoms with E-state index in [9.17, 15) is 14.4 Å². The van der Waals surface area contributed by atoms with Crippen molar-refractivity contribution in [2.75, 3.05) is 0 Å². The molecule has 0 amide bonds. The summed E-state index contributed by atoms with van der Waals surface area (Å²) < 4.78 is 5.96. The molecule has 0 aliphatic heterocycles. The minimum Gasteiger partial charge on any atom is -0.449 e. The predicted molar refractivity (Wildman–Crippen MR) is 114 cm³/mol. The van der Waals surface area contributed by atoms with E-state index in [1.165, 1.54) is 5.57 Å². The molecule has 0 aromatic heterocycles. The third-order valence-corrected chi connectivity index (χ3v) is 9.29. The zero-order valence-corrected chi connectivity index (χ0v) is 18.6. The van der Waals surface area contributed by atoms with Gasteiger partial charge < -0.3 is 4.74 Å². The highest BCUT2D eigenvalue weighted by molar-refractivity contribution is 7.96. The molecule has 3 fully saturated rings. The molecule has 0 spiro atoms. The summed E-state index contributed by atoms with van der Waals surface area (Å²) in [5.74, 6) is 1.07. The Bertz CT molecular complexity index is 814. The smallest absolute Gasteiger partial charge is 0.306 e. The second kappa shape index (κ2) is 7.11. The van der Waals surface area contributed by atoms with Gasteiger partial charge >= 0.3 is 5.97 Å². The Labute approximate surface area is 178 Å². The molecule has 0 radical (unpaired) electrons. The average molecular weight is 417 g/mol. The van der Waals surface area contributed by atoms with Gasteiger partial charge in [0.1, 0.15) is 0 Å². The Morgan fingerprint density at radius 3 is 2.55 bits per heavy atom. The molecule has 3 saturated carbocycles. The number of rotatable bonds is 4. The largest absolute Gasteiger partial charge is 0.449 e. The molecule has 0 bridgehead atoms. The fourth-order valence-electron chi connectivity index (χ4n) is 7.52. The topological polar surface area (TPSA) is 60.4 Å². The molecule has 4 aliphatic rings. The second-order valence-electron chi connectivity index (χ2n) is 9.65. The van der Waals surface area contributed by atoms with Gasteiger partial charge in [-0.15, -0.1) is 12.6 Å². The number of ketones is 1. The molecule has 158 valence electrons. The summed E-state index contributed by atoms with van der Waals surface area (Å²) in [5, 5.41) is -0.284. The highest BCUT2D eigenvalue weighted by Crippen LogP contribution is 2.69. The van der Waals surface area contributed by atoms with E-state index in [1.54, 1.807) is 13.0 Å². The fourth-order valence-corrected chi connectivity index (χ4v) is 7.90. The van der Waals surface area contributed by atoms with Crippen LogP contribution in [-0.4, -0.2) is 22.5 Å². The first-order chi connectivity index (χ1) is 13.7. The van der Waals surface area contributed by atoms with Crippen molar-refractivity contribution in [2.24, 2.45) is 28.6 Å². The third kappa shape index (κ3) is 2.75. The van der Waals surface area contributed by atoms with Crippen molar-refractivity contribution in [3.8, 4) is 0 Å². The van der Waals surface area contributed by atoms with Crippen molar-refractivity contribution < 1.29 is 19.1 Å². The minimum atomic E-state index is -1.09. The Morgan fingerprint density at radius 1 is 1.17 bits per heavy atom. The average Bonchev–Trinajstić information content (AvgIpc) is 3.04. The van der Waals surface area contributed by atoms with E-state index in [0.29, 0.717) is 24.2 Å². The van der Waals surface area contributed by atoms with Gasteiger partial charge in [-0.1, -0.05) is 32.4 Å². The lowest BCUT2D eigenvalue weighted by atomic mass is 9.46. The highest BCUT2D eigenvalue weighted by Gasteiger charge is 2.69. The van der Waals surface area contributed by atoms with E-state index in [0.717, 1.165) is 38.5 Å². The fraction of sp³-hybridized carbons (Fsp3) is 0.708. The molecule has 4 rings (SSSR count). The van der Waals surface area contributed by atoms with Crippen LogP contribution in [0.25, 0.3) is 0 Å². The Balaban J connectivity index is 1.73. The van der Waals surface area contributed by atoms with Crippen LogP contribution in [0.3, 0.4) is 0 Å². The van der Waals surface area contributed by atoms with Crippen molar-refractivity contribution >= 4 is 29.5 Å². The van der Waals surface area contributed by atoms with Crippen LogP contribution >= 0.6 is 12.6 Å². The van der Waals surface area contributed by atoms with Crippen molar-refractivity contribution in [1.29, 1.82) is 0 Å². The summed E-state index contributed by atoms with van der Waals surface area (Å²) in [6.45, 7) is 6.19. The zero-order chi connectivity index (χ0) is 21.0. The monoisotopic (exact) mass is 416 g/mol. The van der Waals surface area contributed by atoms with Crippen LogP contribution in [0.2, 0.25) is 0 Å². The van der Waals surface area contributed by atoms with Crippen LogP contribution in [0.1, 0.15) is 72.1 Å². The minimum absolute atomic E-state index is 0.0763. The van der Waals surface area contributed by atoms with Crippen LogP contribution in [0.4, 0.5) is 0 Å². The van der Waals surface area contributed by atoms with E-state index in [4.69, 9.17) is 4.74 Å². The van der Waals surface area contributed by atoms with Gasteiger partial charge in [0.15, 0.2) is 11.4 Å². The second-order valence-corrected chi connectivity index (χ2v) is 10.1. The van der Waals surface area contributed by atoms with E-state index in [-0.39, 0.29) is 34.1 Å². The molecule has 29 heavy (non-hydrogen) atoms. The summed E-state index contributed by atoms with van der Waals surface area (Å²) in [6.07, 6.45) is 12.1. The number of carbonyl (C=O) groups excluding carboxylic acids is 3. The molecule has 0 saturated heterocycles. The number of hydrogen-bond donors (Lipinski definition) is 1. The van der Waals surface area contributed by atoms with Crippen LogP contribution in [0.5, 0.6) is 0 Å². The molecule has 4 aliphatic carbocycles. The normalized spacial score (nSPS) is 43.1. The van der Waals surface area contributed by atoms with Crippen LogP contribution in [-0.2, 0) is 19.1 Å². The maximum absolute atomic E-state index is 12.9. The number of allylic oxidation sites excluding steroid dienone is 4. The zero-order valence-electron chi connectivity index (χ0n) is 17.7. The first-order valence-corrected chi connectivity index (χ1v) is 11.6. The van der Waals surface area contributed by atoms with Gasteiger partial charge in [-0.2, -0.15) is 0 Å². The molecular weight excluding hydrogens is 384 g/mol. The van der Waals surface area contributed by atoms with Gasteiger partial charge in [-0.25, -0.2) is 0 Å². The Morgan fingerprint density at radius 2 is 1.90 bits per heavy atom. The van der Waals surface area contributed by atoms with E-state index < -0.39 is 5.60 Å². The van der Waals surface area contributed by atoms with Gasteiger partial charge in [0.25, 0.3) is 0 Å². The Hall–Kier alpha value is -1.36. The molecule has 0 heterocycles. The first-order valence-electron chi connectivity index (χ1n) is 11.1. The summed E-state index contributed by atoms with van der Waals surface area (Å²) >= 11 is 4.26. The number of fused-ring (bicyclic) bond motifs is 5. The first kappa shape index (κ1) is 20.9. The summed E-state index contributed by atoms with van der Waals surface area (Å²) in [4.78, 5) is 37.1. The number of thiol groups is 1. The molecule has 4 nitrogen and oxygen atoms in total. The number of carbonyl (C=O) groups is 3. The third-order valence-electron chi connectivity index (χ3n) is 8.93. The molecule has 6 atom stereocenters. The van der Waals surface area contributed by atoms with Crippen molar-refractivity contribution in [1.82, 2.24) is 0 Å². The SMILES string of the molecule is CCC(=O)OC1(C(=O)S)CC[C@H]2[C@@H]3CCC4=CC(=O)C=C[C@]4(C)[C@H]3CC[C@@]21CC. The van der Waals surface area contributed by atoms with Crippen LogP contribution < -0.4 is 0 Å². The predicted octanol–water partition coefficient (Wildman–Crippen LogP) is 4.83. The van der Waals surface area contributed by atoms with Gasteiger partial charge in [-0.3, -0.25) is 14.4 Å². The van der Waals surface area contributed by atoms with Crippen LogP contribution in [0, 0.1) is 28.6 Å². The molecule has 0 aromatic carbocycles. The summed E-state index contributed by atoms with van der Waals surface area (Å²) in [6, 6.07) is 0. The van der Waals surface area contributed by atoms with Crippen molar-refractivity contribution in [3.05, 3.63) is 23.8 Å². The standard InChI is InChI=1S/C24H32O4S/c1-4-20(26)28-24(21(27)29)13-10-19-17-7-6-15-14-16(25)8-11-22(15,3)18(17)9-12-23(19,24)5-2/h8,11,14,17-19H,4-7,9-10,12-13H2,1-3H3,(H,27,29)/t17-,18+,19+,22+,23+,24?/m1/s1. The number of esters is 1. The molecule has 0 aromatic rings. The summed E-state index contributed by atoms with van der Waals surface area (Å²) in [7, 11) is 0. The van der Waals surface area contributed by atoms with Crippen molar-refractivity contribution in [2.45, 2.75) is 77.7 Å². The van der Waals surface area contributed by atoms with Crippen molar-refractivity contribution in [3.63, 3.8) is 0 Å². The lowest BCUT2D eigenvalue weighted by molar-refractivity contribution is -0.187. The molecule has 1 unspecified atom stereocenters. The molecular formula is C24H32O4S. The van der Waals surface area contributed by atoms with Gasteiger partial charge in [-0.05, 0) is 74.9 Å². The maximum atomic E-state index is 12.9. The highest BCUT2D eigenvalue weighted by atomic mass is 32.1.